The Morgan fingerprint density at radius 1 is 1.14 bits per heavy atom. The first kappa shape index (κ1) is 10.4. The summed E-state index contributed by atoms with van der Waals surface area (Å²) in [5.41, 5.74) is 1.55. The maximum absolute atomic E-state index is 4.94. The molecule has 0 atom stereocenters. The molecule has 0 aliphatic carbocycles. The van der Waals surface area contributed by atoms with E-state index in [0.717, 1.165) is 11.3 Å². The number of rotatable bonds is 1. The minimum absolute atomic E-state index is 0.450. The molecule has 5 nitrogen and oxygen atoms in total. The van der Waals surface area contributed by atoms with Crippen LogP contribution in [0.5, 0.6) is 0 Å². The predicted molar refractivity (Wildman–Crippen MR) is 50.6 cm³/mol. The third kappa shape index (κ3) is 1.81. The molecule has 0 spiro atoms. The summed E-state index contributed by atoms with van der Waals surface area (Å²) in [7, 11) is 0. The van der Waals surface area contributed by atoms with Gasteiger partial charge in [0.25, 0.3) is 5.89 Å². The summed E-state index contributed by atoms with van der Waals surface area (Å²) in [5.74, 6) is 1.14. The predicted octanol–water partition coefficient (Wildman–Crippen LogP) is 2.37. The van der Waals surface area contributed by atoms with Crippen LogP contribution in [-0.2, 0) is 0 Å². The van der Waals surface area contributed by atoms with E-state index in [2.05, 4.69) is 15.3 Å². The van der Waals surface area contributed by atoms with Crippen molar-refractivity contribution in [2.75, 3.05) is 0 Å². The minimum Gasteiger partial charge on any atom is -0.361 e. The molecule has 0 saturated heterocycles. The van der Waals surface area contributed by atoms with Crippen molar-refractivity contribution >= 4 is 0 Å². The zero-order valence-electron chi connectivity index (χ0n) is 8.74. The van der Waals surface area contributed by atoms with Gasteiger partial charge < -0.3 is 9.05 Å². The molecule has 2 heterocycles. The number of nitrogens with zero attached hydrogens (tertiary/aromatic N) is 3. The van der Waals surface area contributed by atoms with E-state index in [1.807, 2.05) is 20.8 Å². The number of aromatic nitrogens is 3. The maximum Gasteiger partial charge on any atom is 0.263 e. The van der Waals surface area contributed by atoms with Crippen LogP contribution in [0.15, 0.2) is 15.4 Å². The van der Waals surface area contributed by atoms with Crippen LogP contribution in [-0.4, -0.2) is 15.3 Å². The highest BCUT2D eigenvalue weighted by Crippen LogP contribution is 2.23. The molecule has 0 saturated carbocycles. The first-order chi connectivity index (χ1) is 6.79. The van der Waals surface area contributed by atoms with E-state index in [0.29, 0.717) is 11.7 Å². The quantitative estimate of drug-likeness (QED) is 0.698. The Kier molecular flexibility index (Phi) is 3.39. The first-order valence-corrected chi connectivity index (χ1v) is 4.49. The van der Waals surface area contributed by atoms with Crippen molar-refractivity contribution in [3.05, 3.63) is 17.8 Å². The van der Waals surface area contributed by atoms with Crippen LogP contribution in [0.4, 0.5) is 0 Å². The highest BCUT2D eigenvalue weighted by atomic mass is 16.5. The summed E-state index contributed by atoms with van der Waals surface area (Å²) in [6, 6.07) is 0. The van der Waals surface area contributed by atoms with Crippen molar-refractivity contribution in [3.8, 4) is 11.5 Å². The number of hydrogen-bond donors (Lipinski definition) is 0. The average Bonchev–Trinajstić information content (AvgIpc) is 2.80. The van der Waals surface area contributed by atoms with Gasteiger partial charge in [-0.25, -0.2) is 0 Å². The SMILES string of the molecule is CC.Cc1noc(C)c1-c1ncno1. The second-order valence-corrected chi connectivity index (χ2v) is 2.45. The van der Waals surface area contributed by atoms with Crippen LogP contribution >= 0.6 is 0 Å². The molecule has 76 valence electrons. The van der Waals surface area contributed by atoms with Crippen LogP contribution < -0.4 is 0 Å². The van der Waals surface area contributed by atoms with Gasteiger partial charge in [0.1, 0.15) is 11.3 Å². The van der Waals surface area contributed by atoms with Crippen molar-refractivity contribution in [1.29, 1.82) is 0 Å². The molecule has 0 aromatic carbocycles. The van der Waals surface area contributed by atoms with E-state index in [4.69, 9.17) is 9.05 Å². The summed E-state index contributed by atoms with van der Waals surface area (Å²) >= 11 is 0. The molecule has 0 unspecified atom stereocenters. The van der Waals surface area contributed by atoms with Crippen molar-refractivity contribution in [3.63, 3.8) is 0 Å². The van der Waals surface area contributed by atoms with E-state index in [1.165, 1.54) is 6.33 Å². The van der Waals surface area contributed by atoms with E-state index < -0.39 is 0 Å². The monoisotopic (exact) mass is 195 g/mol. The number of aryl methyl sites for hydroxylation is 2. The van der Waals surface area contributed by atoms with E-state index >= 15 is 0 Å². The summed E-state index contributed by atoms with van der Waals surface area (Å²) in [5, 5.41) is 7.27. The molecule has 2 aromatic heterocycles. The molecule has 0 aliphatic rings. The molecule has 5 heteroatoms. The van der Waals surface area contributed by atoms with Gasteiger partial charge in [0.15, 0.2) is 6.33 Å². The Morgan fingerprint density at radius 3 is 2.29 bits per heavy atom. The van der Waals surface area contributed by atoms with Gasteiger partial charge in [-0.05, 0) is 13.8 Å². The minimum atomic E-state index is 0.450. The van der Waals surface area contributed by atoms with E-state index in [1.54, 1.807) is 6.92 Å². The Hall–Kier alpha value is -1.65. The molecular formula is C9H13N3O2. The van der Waals surface area contributed by atoms with Gasteiger partial charge in [-0.15, -0.1) is 0 Å². The fourth-order valence-corrected chi connectivity index (χ4v) is 1.07. The second kappa shape index (κ2) is 4.55. The normalized spacial score (nSPS) is 9.43. The van der Waals surface area contributed by atoms with Crippen LogP contribution in [0, 0.1) is 13.8 Å². The Labute approximate surface area is 82.1 Å². The Balaban J connectivity index is 0.000000461. The lowest BCUT2D eigenvalue weighted by Crippen LogP contribution is -1.80. The van der Waals surface area contributed by atoms with Gasteiger partial charge in [0.2, 0.25) is 0 Å². The van der Waals surface area contributed by atoms with Gasteiger partial charge in [-0.3, -0.25) is 0 Å². The maximum atomic E-state index is 4.94. The van der Waals surface area contributed by atoms with E-state index in [9.17, 15) is 0 Å². The topological polar surface area (TPSA) is 65.0 Å². The summed E-state index contributed by atoms with van der Waals surface area (Å²) in [4.78, 5) is 3.90. The Bertz CT molecular complexity index is 359. The fraction of sp³-hybridized carbons (Fsp3) is 0.444. The zero-order valence-corrected chi connectivity index (χ0v) is 8.74. The van der Waals surface area contributed by atoms with Gasteiger partial charge in [-0.2, -0.15) is 4.98 Å². The molecule has 0 bridgehead atoms. The van der Waals surface area contributed by atoms with Crippen molar-refractivity contribution in [2.45, 2.75) is 27.7 Å². The van der Waals surface area contributed by atoms with Crippen molar-refractivity contribution < 1.29 is 9.05 Å². The molecule has 0 N–H and O–H groups in total. The van der Waals surface area contributed by atoms with Crippen LogP contribution in [0.2, 0.25) is 0 Å². The van der Waals surface area contributed by atoms with Gasteiger partial charge in [0, 0.05) is 0 Å². The lowest BCUT2D eigenvalue weighted by atomic mass is 10.2. The summed E-state index contributed by atoms with van der Waals surface area (Å²) < 4.78 is 9.82. The highest BCUT2D eigenvalue weighted by molar-refractivity contribution is 5.57. The molecule has 14 heavy (non-hydrogen) atoms. The standard InChI is InChI=1S/C7H7N3O2.C2H6/c1-4-6(5(2)11-10-4)7-8-3-9-12-7;1-2/h3H,1-2H3;1-2H3. The third-order valence-corrected chi connectivity index (χ3v) is 1.61. The first-order valence-electron chi connectivity index (χ1n) is 4.49. The lowest BCUT2D eigenvalue weighted by Gasteiger charge is -1.88. The van der Waals surface area contributed by atoms with Crippen molar-refractivity contribution in [2.24, 2.45) is 0 Å². The molecular weight excluding hydrogens is 182 g/mol. The van der Waals surface area contributed by atoms with Crippen LogP contribution in [0.1, 0.15) is 25.3 Å². The van der Waals surface area contributed by atoms with Crippen molar-refractivity contribution in [1.82, 2.24) is 15.3 Å². The largest absolute Gasteiger partial charge is 0.361 e. The smallest absolute Gasteiger partial charge is 0.263 e. The molecule has 2 rings (SSSR count). The Morgan fingerprint density at radius 2 is 1.86 bits per heavy atom. The molecule has 0 amide bonds. The van der Waals surface area contributed by atoms with Crippen LogP contribution in [0.3, 0.4) is 0 Å². The molecule has 0 aliphatic heterocycles. The summed E-state index contributed by atoms with van der Waals surface area (Å²) in [6.07, 6.45) is 1.35. The molecule has 2 aromatic rings. The van der Waals surface area contributed by atoms with Gasteiger partial charge in [-0.1, -0.05) is 24.2 Å². The zero-order chi connectivity index (χ0) is 10.6. The van der Waals surface area contributed by atoms with E-state index in [-0.39, 0.29) is 0 Å². The third-order valence-electron chi connectivity index (χ3n) is 1.61. The molecule has 0 radical (unpaired) electrons. The average molecular weight is 195 g/mol. The summed E-state index contributed by atoms with van der Waals surface area (Å²) in [6.45, 7) is 7.63. The molecule has 0 fully saturated rings. The second-order valence-electron chi connectivity index (χ2n) is 2.45. The lowest BCUT2D eigenvalue weighted by molar-refractivity contribution is 0.392. The fourth-order valence-electron chi connectivity index (χ4n) is 1.07. The van der Waals surface area contributed by atoms with Gasteiger partial charge >= 0.3 is 0 Å². The number of hydrogen-bond acceptors (Lipinski definition) is 5. The van der Waals surface area contributed by atoms with Gasteiger partial charge in [0.05, 0.1) is 5.69 Å². The van der Waals surface area contributed by atoms with Crippen LogP contribution in [0.25, 0.3) is 11.5 Å². The highest BCUT2D eigenvalue weighted by Gasteiger charge is 2.15.